The molecule has 0 spiro atoms. The molecule has 0 radical (unpaired) electrons. The van der Waals surface area contributed by atoms with E-state index in [9.17, 15) is 17.9 Å². The first-order valence-corrected chi connectivity index (χ1v) is 15.3. The molecule has 4 aromatic rings. The van der Waals surface area contributed by atoms with Crippen LogP contribution in [0.2, 0.25) is 0 Å². The lowest BCUT2D eigenvalue weighted by Gasteiger charge is -2.39. The van der Waals surface area contributed by atoms with E-state index in [0.29, 0.717) is 47.0 Å². The zero-order valence-corrected chi connectivity index (χ0v) is 23.9. The van der Waals surface area contributed by atoms with Gasteiger partial charge in [-0.1, -0.05) is 30.9 Å². The van der Waals surface area contributed by atoms with Gasteiger partial charge in [-0.15, -0.1) is 0 Å². The maximum absolute atomic E-state index is 14.2. The maximum Gasteiger partial charge on any atom is 0.256 e. The number of piperidine rings is 1. The molecule has 0 bridgehead atoms. The Balaban J connectivity index is 1.28. The summed E-state index contributed by atoms with van der Waals surface area (Å²) in [5.74, 6) is 6.95. The molecule has 10 nitrogen and oxygen atoms in total. The predicted molar refractivity (Wildman–Crippen MR) is 157 cm³/mol. The second kappa shape index (κ2) is 11.2. The minimum Gasteiger partial charge on any atom is -0.396 e. The molecule has 216 valence electrons. The number of benzene rings is 1. The summed E-state index contributed by atoms with van der Waals surface area (Å²) in [6, 6.07) is 9.96. The van der Waals surface area contributed by atoms with Gasteiger partial charge in [-0.05, 0) is 49.3 Å². The minimum atomic E-state index is -3.49. The van der Waals surface area contributed by atoms with Crippen LogP contribution in [0.5, 0.6) is 0 Å². The topological polar surface area (TPSA) is 126 Å². The summed E-state index contributed by atoms with van der Waals surface area (Å²) in [6.07, 6.45) is 9.02. The van der Waals surface area contributed by atoms with E-state index in [1.54, 1.807) is 36.7 Å². The van der Waals surface area contributed by atoms with Gasteiger partial charge in [0.1, 0.15) is 17.5 Å². The van der Waals surface area contributed by atoms with Crippen molar-refractivity contribution in [1.29, 1.82) is 0 Å². The molecule has 0 atom stereocenters. The van der Waals surface area contributed by atoms with E-state index in [2.05, 4.69) is 49.0 Å². The van der Waals surface area contributed by atoms with Gasteiger partial charge in [-0.25, -0.2) is 27.8 Å². The molecule has 6 rings (SSSR count). The largest absolute Gasteiger partial charge is 0.396 e. The van der Waals surface area contributed by atoms with Crippen molar-refractivity contribution in [3.8, 4) is 23.2 Å². The highest BCUT2D eigenvalue weighted by atomic mass is 32.2. The number of aromatic nitrogens is 5. The molecule has 1 saturated heterocycles. The third-order valence-corrected chi connectivity index (χ3v) is 9.75. The smallest absolute Gasteiger partial charge is 0.256 e. The number of hydrogen-bond donors (Lipinski definition) is 2. The van der Waals surface area contributed by atoms with Crippen molar-refractivity contribution in [2.75, 3.05) is 29.9 Å². The summed E-state index contributed by atoms with van der Waals surface area (Å²) < 4.78 is 40.3. The van der Waals surface area contributed by atoms with Crippen LogP contribution in [0.15, 0.2) is 61.2 Å². The number of halogens is 1. The number of aliphatic hydroxyl groups excluding tert-OH is 1. The molecule has 1 saturated carbocycles. The van der Waals surface area contributed by atoms with Gasteiger partial charge in [-0.2, -0.15) is 9.19 Å². The molecule has 1 aliphatic heterocycles. The number of anilines is 3. The quantitative estimate of drug-likeness (QED) is 0.309. The Morgan fingerprint density at radius 2 is 1.83 bits per heavy atom. The summed E-state index contributed by atoms with van der Waals surface area (Å²) in [6.45, 7) is 3.66. The fourth-order valence-electron chi connectivity index (χ4n) is 4.79. The van der Waals surface area contributed by atoms with Crippen LogP contribution in [0.3, 0.4) is 0 Å². The van der Waals surface area contributed by atoms with Crippen LogP contribution in [0, 0.1) is 23.1 Å². The maximum atomic E-state index is 14.2. The lowest BCUT2D eigenvalue weighted by molar-refractivity contribution is 0.115. The third-order valence-electron chi connectivity index (χ3n) is 7.72. The standard InChI is InChI=1S/C30H30FN7O3S/c1-30(20-39)11-14-37(15-12-30)26-16-28(33-17-22(26)7-6-21-4-2-3-5-25(21)31)35-27-10-13-32-29(36-27)23-18-34-38(19-23)42(40,41)24-8-9-24/h2-5,10,13,16-19,24,39H,8-9,11-12,14-15,20H2,1H3,(H,32,33,35,36). The van der Waals surface area contributed by atoms with Gasteiger partial charge in [0.15, 0.2) is 5.82 Å². The van der Waals surface area contributed by atoms with Crippen molar-refractivity contribution in [3.05, 3.63) is 78.1 Å². The number of pyridine rings is 1. The van der Waals surface area contributed by atoms with Gasteiger partial charge >= 0.3 is 0 Å². The summed E-state index contributed by atoms with van der Waals surface area (Å²) >= 11 is 0. The summed E-state index contributed by atoms with van der Waals surface area (Å²) in [5.41, 5.74) is 2.16. The molecule has 1 aliphatic carbocycles. The molecular weight excluding hydrogens is 557 g/mol. The molecule has 12 heteroatoms. The number of nitrogens with zero attached hydrogens (tertiary/aromatic N) is 6. The Morgan fingerprint density at radius 1 is 1.07 bits per heavy atom. The molecule has 3 aromatic heterocycles. The molecule has 2 aliphatic rings. The highest BCUT2D eigenvalue weighted by Crippen LogP contribution is 2.35. The molecule has 2 fully saturated rings. The Hall–Kier alpha value is -4.34. The summed E-state index contributed by atoms with van der Waals surface area (Å²) in [7, 11) is -3.49. The van der Waals surface area contributed by atoms with E-state index in [0.717, 1.165) is 35.7 Å². The normalized spacial score (nSPS) is 16.5. The summed E-state index contributed by atoms with van der Waals surface area (Å²) in [5, 5.41) is 16.7. The fourth-order valence-corrected chi connectivity index (χ4v) is 6.27. The van der Waals surface area contributed by atoms with Crippen LogP contribution in [-0.2, 0) is 10.0 Å². The van der Waals surface area contributed by atoms with E-state index in [1.165, 1.54) is 18.5 Å². The number of aliphatic hydroxyl groups is 1. The fraction of sp³-hybridized carbons (Fsp3) is 0.333. The first-order valence-electron chi connectivity index (χ1n) is 13.8. The monoisotopic (exact) mass is 587 g/mol. The van der Waals surface area contributed by atoms with Gasteiger partial charge in [0, 0.05) is 38.2 Å². The van der Waals surface area contributed by atoms with Crippen molar-refractivity contribution < 1.29 is 17.9 Å². The number of nitrogens with one attached hydrogen (secondary N) is 1. The molecule has 0 unspecified atom stereocenters. The van der Waals surface area contributed by atoms with Crippen LogP contribution >= 0.6 is 0 Å². The molecule has 1 aromatic carbocycles. The van der Waals surface area contributed by atoms with Crippen LogP contribution in [0.4, 0.5) is 21.7 Å². The zero-order valence-electron chi connectivity index (χ0n) is 23.0. The Morgan fingerprint density at radius 3 is 2.57 bits per heavy atom. The highest BCUT2D eigenvalue weighted by molar-refractivity contribution is 7.90. The van der Waals surface area contributed by atoms with Crippen molar-refractivity contribution in [3.63, 3.8) is 0 Å². The first kappa shape index (κ1) is 27.8. The second-order valence-electron chi connectivity index (χ2n) is 11.0. The third kappa shape index (κ3) is 5.84. The molecular formula is C30H30FN7O3S. The molecule has 0 amide bonds. The first-order chi connectivity index (χ1) is 20.2. The Labute approximate surface area is 243 Å². The molecule has 2 N–H and O–H groups in total. The number of hydrogen-bond acceptors (Lipinski definition) is 9. The minimum absolute atomic E-state index is 0.130. The van der Waals surface area contributed by atoms with Crippen LogP contribution in [0.25, 0.3) is 11.4 Å². The molecule has 42 heavy (non-hydrogen) atoms. The van der Waals surface area contributed by atoms with Crippen molar-refractivity contribution in [1.82, 2.24) is 24.1 Å². The lowest BCUT2D eigenvalue weighted by Crippen LogP contribution is -2.40. The van der Waals surface area contributed by atoms with E-state index >= 15 is 0 Å². The lowest BCUT2D eigenvalue weighted by atomic mass is 9.81. The molecule has 4 heterocycles. The van der Waals surface area contributed by atoms with Crippen LogP contribution in [-0.4, -0.2) is 62.6 Å². The van der Waals surface area contributed by atoms with Gasteiger partial charge < -0.3 is 15.3 Å². The summed E-state index contributed by atoms with van der Waals surface area (Å²) in [4.78, 5) is 15.6. The van der Waals surface area contributed by atoms with Gasteiger partial charge in [0.2, 0.25) is 0 Å². The predicted octanol–water partition coefficient (Wildman–Crippen LogP) is 3.96. The number of rotatable bonds is 7. The van der Waals surface area contributed by atoms with E-state index in [-0.39, 0.29) is 23.1 Å². The van der Waals surface area contributed by atoms with E-state index in [1.807, 2.05) is 6.07 Å². The zero-order chi connectivity index (χ0) is 29.3. The van der Waals surface area contributed by atoms with E-state index in [4.69, 9.17) is 0 Å². The second-order valence-corrected chi connectivity index (χ2v) is 13.1. The van der Waals surface area contributed by atoms with Gasteiger partial charge in [0.05, 0.1) is 40.0 Å². The van der Waals surface area contributed by atoms with Crippen molar-refractivity contribution in [2.45, 2.75) is 37.9 Å². The van der Waals surface area contributed by atoms with Gasteiger partial charge in [-0.3, -0.25) is 0 Å². The average Bonchev–Trinajstić information content (AvgIpc) is 3.75. The Bertz CT molecular complexity index is 1790. The van der Waals surface area contributed by atoms with Crippen molar-refractivity contribution >= 4 is 27.3 Å². The highest BCUT2D eigenvalue weighted by Gasteiger charge is 2.37. The average molecular weight is 588 g/mol. The van der Waals surface area contributed by atoms with Crippen LogP contribution in [0.1, 0.15) is 43.7 Å². The van der Waals surface area contributed by atoms with Gasteiger partial charge in [0.25, 0.3) is 10.0 Å². The van der Waals surface area contributed by atoms with Crippen molar-refractivity contribution in [2.24, 2.45) is 5.41 Å². The SMILES string of the molecule is CC1(CO)CCN(c2cc(Nc3ccnc(-c4cnn(S(=O)(=O)C5CC5)c4)n3)ncc2C#Cc2ccccc2F)CC1. The Kier molecular flexibility index (Phi) is 7.38. The van der Waals surface area contributed by atoms with Crippen LogP contribution < -0.4 is 10.2 Å². The van der Waals surface area contributed by atoms with E-state index < -0.39 is 10.0 Å².